The van der Waals surface area contributed by atoms with Crippen molar-refractivity contribution in [2.45, 2.75) is 0 Å². The van der Waals surface area contributed by atoms with Crippen molar-refractivity contribution in [3.8, 4) is 5.75 Å². The second kappa shape index (κ2) is 8.07. The van der Waals surface area contributed by atoms with Crippen LogP contribution in [0.25, 0.3) is 0 Å². The molecule has 0 amide bonds. The van der Waals surface area contributed by atoms with Gasteiger partial charge in [-0.1, -0.05) is 6.08 Å². The Hall–Kier alpha value is -2.11. The molecule has 0 heterocycles. The Kier molecular flexibility index (Phi) is 6.35. The molecule has 0 unspecified atom stereocenters. The quantitative estimate of drug-likeness (QED) is 0.357. The molecule has 0 aliphatic rings. The summed E-state index contributed by atoms with van der Waals surface area (Å²) < 4.78 is 30.9. The van der Waals surface area contributed by atoms with Crippen LogP contribution in [0.3, 0.4) is 0 Å². The van der Waals surface area contributed by atoms with Gasteiger partial charge in [0, 0.05) is 19.7 Å². The lowest BCUT2D eigenvalue weighted by Crippen LogP contribution is -2.39. The fourth-order valence-corrected chi connectivity index (χ4v) is 1.29. The highest BCUT2D eigenvalue weighted by molar-refractivity contribution is 5.79. The van der Waals surface area contributed by atoms with Crippen LogP contribution in [0.15, 0.2) is 35.8 Å². The van der Waals surface area contributed by atoms with Crippen LogP contribution in [-0.4, -0.2) is 32.7 Å². The van der Waals surface area contributed by atoms with E-state index in [1.54, 1.807) is 13.1 Å². The first-order valence-corrected chi connectivity index (χ1v) is 5.80. The van der Waals surface area contributed by atoms with Gasteiger partial charge in [-0.05, 0) is 12.1 Å². The standard InChI is InChI=1S/C13H17F2N3O/c1-3-6-17-13(16-2)18-7-8-19-10-4-5-11(14)12(15)9-10/h3-5,9H,1,6-8H2,2H3,(H2,16,17,18). The third-order valence-electron chi connectivity index (χ3n) is 2.19. The van der Waals surface area contributed by atoms with Gasteiger partial charge in [0.25, 0.3) is 0 Å². The minimum Gasteiger partial charge on any atom is -0.492 e. The summed E-state index contributed by atoms with van der Waals surface area (Å²) in [4.78, 5) is 3.98. The summed E-state index contributed by atoms with van der Waals surface area (Å²) in [5.41, 5.74) is 0. The molecule has 6 heteroatoms. The molecule has 4 nitrogen and oxygen atoms in total. The monoisotopic (exact) mass is 269 g/mol. The van der Waals surface area contributed by atoms with Crippen molar-refractivity contribution in [2.75, 3.05) is 26.7 Å². The van der Waals surface area contributed by atoms with Gasteiger partial charge >= 0.3 is 0 Å². The molecule has 19 heavy (non-hydrogen) atoms. The van der Waals surface area contributed by atoms with Crippen LogP contribution in [-0.2, 0) is 0 Å². The maximum absolute atomic E-state index is 12.9. The number of rotatable bonds is 6. The smallest absolute Gasteiger partial charge is 0.191 e. The molecule has 0 saturated heterocycles. The van der Waals surface area contributed by atoms with E-state index in [0.717, 1.165) is 12.1 Å². The van der Waals surface area contributed by atoms with Crippen molar-refractivity contribution < 1.29 is 13.5 Å². The lowest BCUT2D eigenvalue weighted by Gasteiger charge is -2.11. The van der Waals surface area contributed by atoms with Gasteiger partial charge in [0.15, 0.2) is 17.6 Å². The van der Waals surface area contributed by atoms with Crippen molar-refractivity contribution in [1.29, 1.82) is 0 Å². The van der Waals surface area contributed by atoms with Crippen molar-refractivity contribution in [2.24, 2.45) is 4.99 Å². The SMILES string of the molecule is C=CCNC(=NC)NCCOc1ccc(F)c(F)c1. The van der Waals surface area contributed by atoms with E-state index in [-0.39, 0.29) is 5.75 Å². The van der Waals surface area contributed by atoms with E-state index in [9.17, 15) is 8.78 Å². The van der Waals surface area contributed by atoms with Crippen LogP contribution in [0.4, 0.5) is 8.78 Å². The first-order valence-electron chi connectivity index (χ1n) is 5.80. The van der Waals surface area contributed by atoms with Crippen LogP contribution < -0.4 is 15.4 Å². The Morgan fingerprint density at radius 2 is 2.16 bits per heavy atom. The molecule has 2 N–H and O–H groups in total. The van der Waals surface area contributed by atoms with E-state index in [4.69, 9.17) is 4.74 Å². The first kappa shape index (κ1) is 14.9. The van der Waals surface area contributed by atoms with Gasteiger partial charge in [-0.2, -0.15) is 0 Å². The fourth-order valence-electron chi connectivity index (χ4n) is 1.29. The molecule has 1 aromatic rings. The third kappa shape index (κ3) is 5.37. The van der Waals surface area contributed by atoms with Gasteiger partial charge < -0.3 is 15.4 Å². The molecular formula is C13H17F2N3O. The summed E-state index contributed by atoms with van der Waals surface area (Å²) in [7, 11) is 1.65. The number of benzene rings is 1. The van der Waals surface area contributed by atoms with E-state index in [1.165, 1.54) is 6.07 Å². The van der Waals surface area contributed by atoms with Crippen LogP contribution in [0.5, 0.6) is 5.75 Å². The third-order valence-corrected chi connectivity index (χ3v) is 2.19. The molecule has 0 spiro atoms. The molecular weight excluding hydrogens is 252 g/mol. The minimum atomic E-state index is -0.922. The number of nitrogens with zero attached hydrogens (tertiary/aromatic N) is 1. The molecule has 0 aliphatic heterocycles. The highest BCUT2D eigenvalue weighted by Gasteiger charge is 2.03. The van der Waals surface area contributed by atoms with Crippen molar-refractivity contribution >= 4 is 5.96 Å². The van der Waals surface area contributed by atoms with Crippen LogP contribution >= 0.6 is 0 Å². The van der Waals surface area contributed by atoms with E-state index in [0.29, 0.717) is 25.7 Å². The van der Waals surface area contributed by atoms with Gasteiger partial charge in [0.1, 0.15) is 12.4 Å². The number of hydrogen-bond donors (Lipinski definition) is 2. The number of nitrogens with one attached hydrogen (secondary N) is 2. The molecule has 0 bridgehead atoms. The second-order valence-corrected chi connectivity index (χ2v) is 3.59. The molecule has 1 rings (SSSR count). The van der Waals surface area contributed by atoms with Crippen LogP contribution in [0, 0.1) is 11.6 Å². The Morgan fingerprint density at radius 3 is 2.79 bits per heavy atom. The summed E-state index contributed by atoms with van der Waals surface area (Å²) >= 11 is 0. The van der Waals surface area contributed by atoms with E-state index >= 15 is 0 Å². The maximum Gasteiger partial charge on any atom is 0.191 e. The lowest BCUT2D eigenvalue weighted by molar-refractivity contribution is 0.319. The largest absolute Gasteiger partial charge is 0.492 e. The van der Waals surface area contributed by atoms with E-state index in [2.05, 4.69) is 22.2 Å². The number of ether oxygens (including phenoxy) is 1. The van der Waals surface area contributed by atoms with Gasteiger partial charge in [-0.3, -0.25) is 4.99 Å². The summed E-state index contributed by atoms with van der Waals surface area (Å²) in [6, 6.07) is 3.42. The average Bonchev–Trinajstić information content (AvgIpc) is 2.42. The maximum atomic E-state index is 12.9. The van der Waals surface area contributed by atoms with Gasteiger partial charge in [0.05, 0.1) is 6.54 Å². The highest BCUT2D eigenvalue weighted by atomic mass is 19.2. The Labute approximate surface area is 111 Å². The normalized spacial score (nSPS) is 11.0. The molecule has 0 atom stereocenters. The van der Waals surface area contributed by atoms with Crippen molar-refractivity contribution in [3.05, 3.63) is 42.5 Å². The molecule has 0 saturated carbocycles. The zero-order chi connectivity index (χ0) is 14.1. The number of hydrogen-bond acceptors (Lipinski definition) is 2. The van der Waals surface area contributed by atoms with E-state index in [1.807, 2.05) is 0 Å². The predicted molar refractivity (Wildman–Crippen MR) is 71.4 cm³/mol. The van der Waals surface area contributed by atoms with Crippen molar-refractivity contribution in [1.82, 2.24) is 10.6 Å². The molecule has 0 aliphatic carbocycles. The van der Waals surface area contributed by atoms with Crippen LogP contribution in [0.2, 0.25) is 0 Å². The number of guanidine groups is 1. The summed E-state index contributed by atoms with van der Waals surface area (Å²) in [6.45, 7) is 4.97. The number of halogens is 2. The second-order valence-electron chi connectivity index (χ2n) is 3.59. The van der Waals surface area contributed by atoms with Crippen LogP contribution in [0.1, 0.15) is 0 Å². The van der Waals surface area contributed by atoms with Crippen molar-refractivity contribution in [3.63, 3.8) is 0 Å². The fraction of sp³-hybridized carbons (Fsp3) is 0.308. The molecule has 0 fully saturated rings. The molecule has 104 valence electrons. The topological polar surface area (TPSA) is 45.7 Å². The summed E-state index contributed by atoms with van der Waals surface area (Å²) in [5, 5.41) is 5.99. The zero-order valence-electron chi connectivity index (χ0n) is 10.7. The molecule has 0 aromatic heterocycles. The Bertz CT molecular complexity index is 450. The summed E-state index contributed by atoms with van der Waals surface area (Å²) in [5.74, 6) is -0.906. The lowest BCUT2D eigenvalue weighted by atomic mass is 10.3. The zero-order valence-corrected chi connectivity index (χ0v) is 10.7. The Morgan fingerprint density at radius 1 is 1.37 bits per heavy atom. The summed E-state index contributed by atoms with van der Waals surface area (Å²) in [6.07, 6.45) is 1.71. The first-order chi connectivity index (χ1) is 9.17. The Balaban J connectivity index is 2.30. The average molecular weight is 269 g/mol. The molecule has 0 radical (unpaired) electrons. The minimum absolute atomic E-state index is 0.287. The van der Waals surface area contributed by atoms with Gasteiger partial charge in [-0.15, -0.1) is 6.58 Å². The highest BCUT2D eigenvalue weighted by Crippen LogP contribution is 2.14. The van der Waals surface area contributed by atoms with Gasteiger partial charge in [-0.25, -0.2) is 8.78 Å². The molecule has 1 aromatic carbocycles. The number of aliphatic imine (C=N–C) groups is 1. The predicted octanol–water partition coefficient (Wildman–Crippen LogP) is 1.69. The van der Waals surface area contributed by atoms with E-state index < -0.39 is 11.6 Å². The van der Waals surface area contributed by atoms with Gasteiger partial charge in [0.2, 0.25) is 0 Å².